The minimum absolute atomic E-state index is 0.134. The van der Waals surface area contributed by atoms with Gasteiger partial charge in [-0.15, -0.1) is 0 Å². The molecule has 0 aromatic carbocycles. The van der Waals surface area contributed by atoms with Crippen molar-refractivity contribution in [3.8, 4) is 0 Å². The molecule has 0 radical (unpaired) electrons. The van der Waals surface area contributed by atoms with Crippen LogP contribution in [0.4, 0.5) is 0 Å². The number of hydrogen-bond acceptors (Lipinski definition) is 3. The van der Waals surface area contributed by atoms with Crippen molar-refractivity contribution in [1.29, 1.82) is 0 Å². The first kappa shape index (κ1) is 14.7. The van der Waals surface area contributed by atoms with E-state index in [-0.39, 0.29) is 17.5 Å². The molecule has 0 spiro atoms. The highest BCUT2D eigenvalue weighted by atomic mass is 32.2. The molecule has 0 saturated heterocycles. The van der Waals surface area contributed by atoms with Crippen molar-refractivity contribution < 1.29 is 13.2 Å². The van der Waals surface area contributed by atoms with Gasteiger partial charge in [0.05, 0.1) is 10.5 Å². The van der Waals surface area contributed by atoms with Gasteiger partial charge in [0.2, 0.25) is 0 Å². The molecule has 0 bridgehead atoms. The van der Waals surface area contributed by atoms with Crippen molar-refractivity contribution in [3.05, 3.63) is 0 Å². The molecule has 0 aromatic rings. The monoisotopic (exact) mass is 260 g/mol. The number of Topliss-reactive ketones (excluding diaryl/α,β-unsaturated/α-hetero) is 1. The molecule has 1 aliphatic carbocycles. The van der Waals surface area contributed by atoms with Crippen LogP contribution in [0.1, 0.15) is 59.3 Å². The van der Waals surface area contributed by atoms with Crippen LogP contribution >= 0.6 is 0 Å². The highest BCUT2D eigenvalue weighted by molar-refractivity contribution is 7.92. The van der Waals surface area contributed by atoms with Crippen LogP contribution in [0.3, 0.4) is 0 Å². The van der Waals surface area contributed by atoms with Crippen molar-refractivity contribution in [3.63, 3.8) is 0 Å². The van der Waals surface area contributed by atoms with E-state index >= 15 is 0 Å². The lowest BCUT2D eigenvalue weighted by molar-refractivity contribution is -0.122. The molecule has 1 rings (SSSR count). The van der Waals surface area contributed by atoms with Gasteiger partial charge in [-0.2, -0.15) is 0 Å². The third kappa shape index (κ3) is 4.09. The molecule has 0 heterocycles. The standard InChI is InChI=1S/C13H24O3S/c1-13(2,3)17(15,16)10-6-9-12(14)11-7-4-5-8-11/h11H,4-10H2,1-3H3. The van der Waals surface area contributed by atoms with Crippen molar-refractivity contribution in [2.45, 2.75) is 64.0 Å². The minimum Gasteiger partial charge on any atom is -0.299 e. The third-order valence-electron chi connectivity index (χ3n) is 3.58. The van der Waals surface area contributed by atoms with Gasteiger partial charge in [-0.3, -0.25) is 4.79 Å². The Balaban J connectivity index is 2.35. The molecular formula is C13H24O3S. The molecule has 0 atom stereocenters. The number of ketones is 1. The van der Waals surface area contributed by atoms with Crippen molar-refractivity contribution in [1.82, 2.24) is 0 Å². The largest absolute Gasteiger partial charge is 0.299 e. The number of carbonyl (C=O) groups is 1. The molecule has 0 N–H and O–H groups in total. The zero-order chi connectivity index (χ0) is 13.1. The summed E-state index contributed by atoms with van der Waals surface area (Å²) in [4.78, 5) is 11.8. The Labute approximate surface area is 105 Å². The first-order valence-corrected chi connectivity index (χ1v) is 8.14. The molecule has 4 heteroatoms. The molecule has 0 aliphatic heterocycles. The molecule has 1 saturated carbocycles. The SMILES string of the molecule is CC(C)(C)S(=O)(=O)CCCC(=O)C1CCCC1. The van der Waals surface area contributed by atoms with Gasteiger partial charge < -0.3 is 0 Å². The molecule has 3 nitrogen and oxygen atoms in total. The van der Waals surface area contributed by atoms with E-state index in [9.17, 15) is 13.2 Å². The summed E-state index contributed by atoms with van der Waals surface area (Å²) < 4.78 is 23.0. The van der Waals surface area contributed by atoms with E-state index in [1.54, 1.807) is 20.8 Å². The second-order valence-electron chi connectivity index (χ2n) is 5.98. The molecule has 1 aliphatic rings. The predicted molar refractivity (Wildman–Crippen MR) is 69.7 cm³/mol. The van der Waals surface area contributed by atoms with Crippen molar-refractivity contribution in [2.24, 2.45) is 5.92 Å². The zero-order valence-corrected chi connectivity index (χ0v) is 12.0. The molecule has 0 aromatic heterocycles. The summed E-state index contributed by atoms with van der Waals surface area (Å²) in [5, 5.41) is 0. The smallest absolute Gasteiger partial charge is 0.155 e. The maximum Gasteiger partial charge on any atom is 0.155 e. The number of carbonyl (C=O) groups excluding carboxylic acids is 1. The molecule has 0 amide bonds. The van der Waals surface area contributed by atoms with Gasteiger partial charge >= 0.3 is 0 Å². The van der Waals surface area contributed by atoms with Gasteiger partial charge in [0, 0.05) is 12.3 Å². The van der Waals surface area contributed by atoms with E-state index in [0.717, 1.165) is 25.7 Å². The van der Waals surface area contributed by atoms with E-state index in [1.165, 1.54) is 0 Å². The summed E-state index contributed by atoms with van der Waals surface area (Å²) in [7, 11) is -3.07. The topological polar surface area (TPSA) is 51.2 Å². The highest BCUT2D eigenvalue weighted by Crippen LogP contribution is 2.27. The summed E-state index contributed by atoms with van der Waals surface area (Å²) in [6, 6.07) is 0. The quantitative estimate of drug-likeness (QED) is 0.763. The summed E-state index contributed by atoms with van der Waals surface area (Å²) >= 11 is 0. The van der Waals surface area contributed by atoms with Gasteiger partial charge in [0.15, 0.2) is 9.84 Å². The van der Waals surface area contributed by atoms with Crippen LogP contribution in [0.15, 0.2) is 0 Å². The average Bonchev–Trinajstić information content (AvgIpc) is 2.67. The summed E-state index contributed by atoms with van der Waals surface area (Å²) in [6.07, 6.45) is 5.22. The maximum atomic E-state index is 11.8. The normalized spacial score (nSPS) is 18.5. The third-order valence-corrected chi connectivity index (χ3v) is 6.27. The van der Waals surface area contributed by atoms with E-state index < -0.39 is 14.6 Å². The second kappa shape index (κ2) is 5.51. The Kier molecular flexibility index (Phi) is 4.76. The van der Waals surface area contributed by atoms with Crippen LogP contribution in [0, 0.1) is 5.92 Å². The molecule has 17 heavy (non-hydrogen) atoms. The van der Waals surface area contributed by atoms with Crippen molar-refractivity contribution in [2.75, 3.05) is 5.75 Å². The zero-order valence-electron chi connectivity index (χ0n) is 11.2. The Morgan fingerprint density at radius 3 is 2.18 bits per heavy atom. The lowest BCUT2D eigenvalue weighted by Crippen LogP contribution is -2.30. The lowest BCUT2D eigenvalue weighted by Gasteiger charge is -2.19. The van der Waals surface area contributed by atoms with E-state index in [4.69, 9.17) is 0 Å². The van der Waals surface area contributed by atoms with E-state index in [1.807, 2.05) is 0 Å². The Hall–Kier alpha value is -0.380. The van der Waals surface area contributed by atoms with Crippen LogP contribution in [0.2, 0.25) is 0 Å². The van der Waals surface area contributed by atoms with Crippen LogP contribution in [-0.2, 0) is 14.6 Å². The van der Waals surface area contributed by atoms with E-state index in [2.05, 4.69) is 0 Å². The van der Waals surface area contributed by atoms with Gasteiger partial charge in [0.25, 0.3) is 0 Å². The van der Waals surface area contributed by atoms with Crippen LogP contribution in [0.5, 0.6) is 0 Å². The summed E-state index contributed by atoms with van der Waals surface area (Å²) in [5.74, 6) is 0.619. The molecule has 1 fully saturated rings. The van der Waals surface area contributed by atoms with Gasteiger partial charge in [-0.25, -0.2) is 8.42 Å². The number of hydrogen-bond donors (Lipinski definition) is 0. The maximum absolute atomic E-state index is 11.8. The second-order valence-corrected chi connectivity index (χ2v) is 8.84. The fraction of sp³-hybridized carbons (Fsp3) is 0.923. The Morgan fingerprint density at radius 1 is 1.18 bits per heavy atom. The summed E-state index contributed by atoms with van der Waals surface area (Å²) in [6.45, 7) is 5.13. The fourth-order valence-corrected chi connectivity index (χ4v) is 3.33. The Morgan fingerprint density at radius 2 is 1.71 bits per heavy atom. The summed E-state index contributed by atoms with van der Waals surface area (Å²) in [5.41, 5.74) is 0. The van der Waals surface area contributed by atoms with Gasteiger partial charge in [-0.1, -0.05) is 12.8 Å². The number of sulfone groups is 1. The first-order valence-electron chi connectivity index (χ1n) is 6.49. The van der Waals surface area contributed by atoms with Crippen LogP contribution in [0.25, 0.3) is 0 Å². The minimum atomic E-state index is -3.07. The fourth-order valence-electron chi connectivity index (χ4n) is 2.19. The molecular weight excluding hydrogens is 236 g/mol. The average molecular weight is 260 g/mol. The van der Waals surface area contributed by atoms with Crippen LogP contribution < -0.4 is 0 Å². The van der Waals surface area contributed by atoms with E-state index in [0.29, 0.717) is 12.8 Å². The predicted octanol–water partition coefficient (Wildman–Crippen LogP) is 2.74. The lowest BCUT2D eigenvalue weighted by atomic mass is 9.99. The van der Waals surface area contributed by atoms with Crippen LogP contribution in [-0.4, -0.2) is 24.7 Å². The molecule has 100 valence electrons. The Bertz CT molecular complexity index is 357. The van der Waals surface area contributed by atoms with Gasteiger partial charge in [0.1, 0.15) is 5.78 Å². The number of rotatable bonds is 5. The first-order chi connectivity index (χ1) is 7.74. The molecule has 0 unspecified atom stereocenters. The van der Waals surface area contributed by atoms with Crippen molar-refractivity contribution >= 4 is 15.6 Å². The highest BCUT2D eigenvalue weighted by Gasteiger charge is 2.29. The van der Waals surface area contributed by atoms with Gasteiger partial charge in [-0.05, 0) is 40.0 Å².